The van der Waals surface area contributed by atoms with Gasteiger partial charge in [-0.1, -0.05) is 12.1 Å². The Bertz CT molecular complexity index is 475. The van der Waals surface area contributed by atoms with E-state index < -0.39 is 6.04 Å². The molecule has 0 aliphatic rings. The van der Waals surface area contributed by atoms with Gasteiger partial charge in [-0.3, -0.25) is 0 Å². The van der Waals surface area contributed by atoms with Crippen LogP contribution in [0.25, 0.3) is 0 Å². The highest BCUT2D eigenvalue weighted by molar-refractivity contribution is 5.83. The van der Waals surface area contributed by atoms with Crippen LogP contribution in [0.2, 0.25) is 0 Å². The van der Waals surface area contributed by atoms with E-state index >= 15 is 0 Å². The predicted molar refractivity (Wildman–Crippen MR) is 75.9 cm³/mol. The van der Waals surface area contributed by atoms with E-state index in [9.17, 15) is 4.79 Å². The van der Waals surface area contributed by atoms with Crippen LogP contribution in [0.5, 0.6) is 0 Å². The first-order valence-corrected chi connectivity index (χ1v) is 5.71. The Hall–Kier alpha value is -2.41. The number of benzene rings is 1. The molecule has 0 aliphatic heterocycles. The largest absolute Gasteiger partial charge is 0.386 e. The van der Waals surface area contributed by atoms with E-state index in [0.29, 0.717) is 17.9 Å². The van der Waals surface area contributed by atoms with Crippen molar-refractivity contribution in [2.45, 2.75) is 19.4 Å². The van der Waals surface area contributed by atoms with Crippen LogP contribution < -0.4 is 22.6 Å². The van der Waals surface area contributed by atoms with Crippen LogP contribution in [0.1, 0.15) is 12.5 Å². The first-order valence-electron chi connectivity index (χ1n) is 5.71. The molecule has 0 heterocycles. The smallest absolute Gasteiger partial charge is 0.214 e. The number of aldehydes is 1. The normalized spacial score (nSPS) is 14.0. The molecule has 1 unspecified atom stereocenters. The summed E-state index contributed by atoms with van der Waals surface area (Å²) >= 11 is 0. The molecule has 0 radical (unpaired) electrons. The number of hydrazone groups is 1. The lowest BCUT2D eigenvalue weighted by molar-refractivity contribution is -0.108. The molecule has 7 heteroatoms. The number of nitrogens with one attached hydrogen (secondary N) is 1. The first kappa shape index (κ1) is 14.7. The number of rotatable bonds is 5. The van der Waals surface area contributed by atoms with Gasteiger partial charge >= 0.3 is 0 Å². The Morgan fingerprint density at radius 1 is 1.37 bits per heavy atom. The molecule has 102 valence electrons. The van der Waals surface area contributed by atoms with Gasteiger partial charge in [0.15, 0.2) is 0 Å². The average molecular weight is 262 g/mol. The van der Waals surface area contributed by atoms with Crippen LogP contribution in [0.3, 0.4) is 0 Å². The Labute approximate surface area is 111 Å². The number of hydrogen-bond acceptors (Lipinski definition) is 4. The molecule has 1 atom stereocenters. The average Bonchev–Trinajstić information content (AvgIpc) is 2.38. The molecule has 0 saturated carbocycles. The van der Waals surface area contributed by atoms with E-state index in [1.54, 1.807) is 19.1 Å². The quantitative estimate of drug-likeness (QED) is 0.248. The molecule has 1 aromatic carbocycles. The SMILES string of the molecule is C/C(N)=N/NC(N)=Nc1ccc(CC(N)C=O)cc1. The van der Waals surface area contributed by atoms with Crippen molar-refractivity contribution in [1.82, 2.24) is 5.43 Å². The number of carbonyl (C=O) groups is 1. The van der Waals surface area contributed by atoms with Crippen molar-refractivity contribution in [3.8, 4) is 0 Å². The minimum Gasteiger partial charge on any atom is -0.386 e. The molecule has 0 fully saturated rings. The molecule has 1 rings (SSSR count). The Morgan fingerprint density at radius 2 is 2.00 bits per heavy atom. The van der Waals surface area contributed by atoms with E-state index in [-0.39, 0.29) is 5.96 Å². The summed E-state index contributed by atoms with van der Waals surface area (Å²) in [6, 6.07) is 6.75. The summed E-state index contributed by atoms with van der Waals surface area (Å²) in [5.41, 5.74) is 20.6. The number of amidine groups is 1. The highest BCUT2D eigenvalue weighted by atomic mass is 16.1. The number of guanidine groups is 1. The summed E-state index contributed by atoms with van der Waals surface area (Å²) in [5, 5.41) is 3.72. The van der Waals surface area contributed by atoms with Crippen molar-refractivity contribution in [2.75, 3.05) is 0 Å². The summed E-state index contributed by atoms with van der Waals surface area (Å²) in [6.45, 7) is 1.63. The van der Waals surface area contributed by atoms with Crippen molar-refractivity contribution in [3.05, 3.63) is 29.8 Å². The van der Waals surface area contributed by atoms with Gasteiger partial charge in [0.25, 0.3) is 0 Å². The zero-order valence-electron chi connectivity index (χ0n) is 10.7. The maximum Gasteiger partial charge on any atom is 0.214 e. The van der Waals surface area contributed by atoms with Crippen molar-refractivity contribution in [3.63, 3.8) is 0 Å². The Morgan fingerprint density at radius 3 is 2.53 bits per heavy atom. The number of nitrogens with zero attached hydrogens (tertiary/aromatic N) is 2. The molecule has 7 N–H and O–H groups in total. The van der Waals surface area contributed by atoms with E-state index in [4.69, 9.17) is 17.2 Å². The van der Waals surface area contributed by atoms with E-state index in [2.05, 4.69) is 15.5 Å². The van der Waals surface area contributed by atoms with Gasteiger partial charge in [0.2, 0.25) is 5.96 Å². The van der Waals surface area contributed by atoms with Crippen molar-refractivity contribution >= 4 is 23.8 Å². The highest BCUT2D eigenvalue weighted by Gasteiger charge is 2.01. The number of carbonyl (C=O) groups excluding carboxylic acids is 1. The summed E-state index contributed by atoms with van der Waals surface area (Å²) in [6.07, 6.45) is 1.22. The van der Waals surface area contributed by atoms with Crippen molar-refractivity contribution in [2.24, 2.45) is 27.3 Å². The van der Waals surface area contributed by atoms with Crippen LogP contribution in [-0.2, 0) is 11.2 Å². The predicted octanol–water partition coefficient (Wildman–Crippen LogP) is -0.417. The lowest BCUT2D eigenvalue weighted by Gasteiger charge is -2.04. The lowest BCUT2D eigenvalue weighted by Crippen LogP contribution is -2.28. The fourth-order valence-corrected chi connectivity index (χ4v) is 1.34. The third-order valence-electron chi connectivity index (χ3n) is 2.18. The summed E-state index contributed by atoms with van der Waals surface area (Å²) < 4.78 is 0. The van der Waals surface area contributed by atoms with Crippen LogP contribution in [0.4, 0.5) is 5.69 Å². The molecule has 7 nitrogen and oxygen atoms in total. The molecular weight excluding hydrogens is 244 g/mol. The highest BCUT2D eigenvalue weighted by Crippen LogP contribution is 2.13. The van der Waals surface area contributed by atoms with Crippen LogP contribution >= 0.6 is 0 Å². The molecular formula is C12H18N6O. The van der Waals surface area contributed by atoms with Gasteiger partial charge in [-0.25, -0.2) is 10.4 Å². The van der Waals surface area contributed by atoms with Gasteiger partial charge in [-0.05, 0) is 31.0 Å². The fraction of sp³-hybridized carbons (Fsp3) is 0.250. The Balaban J connectivity index is 2.68. The van der Waals surface area contributed by atoms with Gasteiger partial charge in [-0.2, -0.15) is 5.10 Å². The summed E-state index contributed by atoms with van der Waals surface area (Å²) in [4.78, 5) is 14.5. The minimum absolute atomic E-state index is 0.141. The zero-order chi connectivity index (χ0) is 14.3. The molecule has 19 heavy (non-hydrogen) atoms. The molecule has 0 amide bonds. The standard InChI is InChI=1S/C12H18N6O/c1-8(13)17-18-12(15)16-11-4-2-9(3-5-11)6-10(14)7-19/h2-5,7,10H,6,14H2,1H3,(H2,13,17)(H3,15,16,18). The summed E-state index contributed by atoms with van der Waals surface area (Å²) in [5.74, 6) is 0.499. The molecule has 0 aromatic heterocycles. The number of nitrogens with two attached hydrogens (primary N) is 3. The van der Waals surface area contributed by atoms with Gasteiger partial charge in [0, 0.05) is 0 Å². The topological polar surface area (TPSA) is 132 Å². The van der Waals surface area contributed by atoms with E-state index in [1.165, 1.54) is 0 Å². The monoisotopic (exact) mass is 262 g/mol. The fourth-order valence-electron chi connectivity index (χ4n) is 1.34. The summed E-state index contributed by atoms with van der Waals surface area (Å²) in [7, 11) is 0. The second-order valence-electron chi connectivity index (χ2n) is 4.03. The molecule has 0 aliphatic carbocycles. The van der Waals surface area contributed by atoms with Crippen molar-refractivity contribution < 1.29 is 4.79 Å². The van der Waals surface area contributed by atoms with Gasteiger partial charge in [0.05, 0.1) is 11.7 Å². The van der Waals surface area contributed by atoms with Crippen LogP contribution in [0, 0.1) is 0 Å². The third kappa shape index (κ3) is 5.64. The Kier molecular flexibility index (Phi) is 5.49. The van der Waals surface area contributed by atoms with Gasteiger partial charge in [0.1, 0.15) is 12.1 Å². The maximum absolute atomic E-state index is 10.5. The maximum atomic E-state index is 10.5. The third-order valence-corrected chi connectivity index (χ3v) is 2.18. The van der Waals surface area contributed by atoms with Gasteiger partial charge in [-0.15, -0.1) is 0 Å². The minimum atomic E-state index is -0.483. The molecule has 0 saturated heterocycles. The zero-order valence-corrected chi connectivity index (χ0v) is 10.7. The number of aliphatic imine (C=N–C) groups is 1. The van der Waals surface area contributed by atoms with Crippen LogP contribution in [-0.4, -0.2) is 24.1 Å². The van der Waals surface area contributed by atoms with Crippen molar-refractivity contribution in [1.29, 1.82) is 0 Å². The molecule has 1 aromatic rings. The molecule has 0 spiro atoms. The van der Waals surface area contributed by atoms with E-state index in [1.807, 2.05) is 12.1 Å². The molecule has 0 bridgehead atoms. The lowest BCUT2D eigenvalue weighted by atomic mass is 10.1. The van der Waals surface area contributed by atoms with E-state index in [0.717, 1.165) is 11.8 Å². The second kappa shape index (κ2) is 7.12. The first-order chi connectivity index (χ1) is 9.01. The van der Waals surface area contributed by atoms with Crippen LogP contribution in [0.15, 0.2) is 34.4 Å². The van der Waals surface area contributed by atoms with Gasteiger partial charge < -0.3 is 22.0 Å². The second-order valence-corrected chi connectivity index (χ2v) is 4.03. The number of hydrogen-bond donors (Lipinski definition) is 4.